The number of fused-ring (bicyclic) bond motifs is 1. The second kappa shape index (κ2) is 6.11. The van der Waals surface area contributed by atoms with Crippen LogP contribution >= 0.6 is 17.0 Å². The normalized spacial score (nSPS) is 17.2. The zero-order chi connectivity index (χ0) is 12.4. The van der Waals surface area contributed by atoms with Crippen LogP contribution in [0, 0.1) is 0 Å². The first kappa shape index (κ1) is 13.9. The van der Waals surface area contributed by atoms with E-state index in [4.69, 9.17) is 0 Å². The number of aromatic hydroxyl groups is 1. The number of para-hydroxylation sites is 1. The largest absolute Gasteiger partial charge is 0.508 e. The summed E-state index contributed by atoms with van der Waals surface area (Å²) in [6, 6.07) is 16.6. The van der Waals surface area contributed by atoms with E-state index in [2.05, 4.69) is 23.5 Å². The van der Waals surface area contributed by atoms with Gasteiger partial charge in [-0.3, -0.25) is 0 Å². The van der Waals surface area contributed by atoms with Crippen LogP contribution in [0.3, 0.4) is 0 Å². The minimum Gasteiger partial charge on any atom is -0.508 e. The van der Waals surface area contributed by atoms with Crippen molar-refractivity contribution in [1.29, 1.82) is 0 Å². The Bertz CT molecular complexity index is 542. The molecule has 19 heavy (non-hydrogen) atoms. The molecule has 0 aromatic heterocycles. The van der Waals surface area contributed by atoms with E-state index in [-0.39, 0.29) is 17.0 Å². The lowest BCUT2D eigenvalue weighted by Crippen LogP contribution is -2.27. The van der Waals surface area contributed by atoms with E-state index in [1.807, 2.05) is 24.3 Å². The molecule has 2 N–H and O–H groups in total. The molecule has 100 valence electrons. The van der Waals surface area contributed by atoms with Crippen LogP contribution in [-0.4, -0.2) is 11.1 Å². The Morgan fingerprint density at radius 3 is 2.58 bits per heavy atom. The molecule has 0 saturated heterocycles. The molecular formula is C16H18BrNO. The predicted octanol–water partition coefficient (Wildman–Crippen LogP) is 3.94. The molecule has 0 fully saturated rings. The molecule has 0 aliphatic heterocycles. The van der Waals surface area contributed by atoms with Gasteiger partial charge in [0.2, 0.25) is 0 Å². The zero-order valence-electron chi connectivity index (χ0n) is 10.7. The van der Waals surface area contributed by atoms with Crippen molar-refractivity contribution in [2.75, 3.05) is 5.32 Å². The summed E-state index contributed by atoms with van der Waals surface area (Å²) in [7, 11) is 0. The summed E-state index contributed by atoms with van der Waals surface area (Å²) < 4.78 is 0. The number of benzene rings is 2. The number of phenolic OH excluding ortho intramolecular Hbond substituents is 1. The van der Waals surface area contributed by atoms with Crippen molar-refractivity contribution in [2.45, 2.75) is 25.3 Å². The molecule has 2 nitrogen and oxygen atoms in total. The Kier molecular flexibility index (Phi) is 4.48. The van der Waals surface area contributed by atoms with Crippen LogP contribution in [0.1, 0.15) is 17.5 Å². The van der Waals surface area contributed by atoms with E-state index in [0.29, 0.717) is 11.8 Å². The number of anilines is 1. The lowest BCUT2D eigenvalue weighted by molar-refractivity contribution is 0.459. The summed E-state index contributed by atoms with van der Waals surface area (Å²) in [5, 5.41) is 13.4. The third-order valence-electron chi connectivity index (χ3n) is 3.60. The first-order valence-electron chi connectivity index (χ1n) is 6.44. The maximum Gasteiger partial charge on any atom is 0.119 e. The molecule has 2 aromatic rings. The van der Waals surface area contributed by atoms with Crippen molar-refractivity contribution in [3.05, 3.63) is 59.7 Å². The summed E-state index contributed by atoms with van der Waals surface area (Å²) >= 11 is 0. The highest BCUT2D eigenvalue weighted by atomic mass is 79.9. The van der Waals surface area contributed by atoms with Crippen LogP contribution in [0.2, 0.25) is 0 Å². The predicted molar refractivity (Wildman–Crippen MR) is 84.3 cm³/mol. The third kappa shape index (κ3) is 3.10. The molecule has 0 amide bonds. The van der Waals surface area contributed by atoms with Crippen molar-refractivity contribution in [3.8, 4) is 5.75 Å². The third-order valence-corrected chi connectivity index (χ3v) is 3.60. The molecule has 1 unspecified atom stereocenters. The summed E-state index contributed by atoms with van der Waals surface area (Å²) in [4.78, 5) is 0. The van der Waals surface area contributed by atoms with Gasteiger partial charge in [-0.2, -0.15) is 0 Å². The number of phenols is 1. The van der Waals surface area contributed by atoms with E-state index in [9.17, 15) is 5.11 Å². The molecule has 3 heteroatoms. The standard InChI is InChI=1S/C16H17NO.BrH/c18-16-8-4-5-12-11-14(9-10-15(12)16)17-13-6-2-1-3-7-13;/h1-8,14,17-18H,9-11H2;1H. The summed E-state index contributed by atoms with van der Waals surface area (Å²) in [6.45, 7) is 0. The van der Waals surface area contributed by atoms with Crippen molar-refractivity contribution >= 4 is 22.7 Å². The van der Waals surface area contributed by atoms with Gasteiger partial charge in [-0.25, -0.2) is 0 Å². The number of hydrogen-bond acceptors (Lipinski definition) is 2. The first-order valence-corrected chi connectivity index (χ1v) is 6.44. The Morgan fingerprint density at radius 1 is 1.00 bits per heavy atom. The van der Waals surface area contributed by atoms with E-state index in [1.165, 1.54) is 11.3 Å². The first-order chi connectivity index (χ1) is 8.83. The van der Waals surface area contributed by atoms with E-state index < -0.39 is 0 Å². The van der Waals surface area contributed by atoms with Gasteiger partial charge in [0.05, 0.1) is 0 Å². The van der Waals surface area contributed by atoms with Gasteiger partial charge in [-0.15, -0.1) is 17.0 Å². The Morgan fingerprint density at radius 2 is 1.79 bits per heavy atom. The van der Waals surface area contributed by atoms with Gasteiger partial charge < -0.3 is 10.4 Å². The van der Waals surface area contributed by atoms with Gasteiger partial charge >= 0.3 is 0 Å². The van der Waals surface area contributed by atoms with Crippen LogP contribution in [0.4, 0.5) is 5.69 Å². The van der Waals surface area contributed by atoms with Gasteiger partial charge in [0.1, 0.15) is 5.75 Å². The summed E-state index contributed by atoms with van der Waals surface area (Å²) in [5.41, 5.74) is 3.57. The van der Waals surface area contributed by atoms with Crippen LogP contribution in [0.25, 0.3) is 0 Å². The number of nitrogens with one attached hydrogen (secondary N) is 1. The lowest BCUT2D eigenvalue weighted by atomic mass is 9.87. The van der Waals surface area contributed by atoms with Crippen molar-refractivity contribution in [2.24, 2.45) is 0 Å². The van der Waals surface area contributed by atoms with Crippen molar-refractivity contribution in [3.63, 3.8) is 0 Å². The number of rotatable bonds is 2. The molecule has 2 aromatic carbocycles. The minimum atomic E-state index is 0. The highest BCUT2D eigenvalue weighted by molar-refractivity contribution is 8.93. The van der Waals surface area contributed by atoms with E-state index >= 15 is 0 Å². The molecule has 1 atom stereocenters. The molecule has 0 saturated carbocycles. The van der Waals surface area contributed by atoms with Gasteiger partial charge in [0, 0.05) is 11.7 Å². The van der Waals surface area contributed by atoms with Crippen LogP contribution in [0.5, 0.6) is 5.75 Å². The maximum atomic E-state index is 9.81. The monoisotopic (exact) mass is 319 g/mol. The summed E-state index contributed by atoms with van der Waals surface area (Å²) in [5.74, 6) is 0.450. The molecule has 0 radical (unpaired) electrons. The van der Waals surface area contributed by atoms with Crippen LogP contribution in [-0.2, 0) is 12.8 Å². The zero-order valence-corrected chi connectivity index (χ0v) is 12.4. The molecular weight excluding hydrogens is 302 g/mol. The van der Waals surface area contributed by atoms with Gasteiger partial charge in [0.15, 0.2) is 0 Å². The fraction of sp³-hybridized carbons (Fsp3) is 0.250. The number of hydrogen-bond donors (Lipinski definition) is 2. The highest BCUT2D eigenvalue weighted by Gasteiger charge is 2.20. The molecule has 1 aliphatic carbocycles. The average molecular weight is 320 g/mol. The quantitative estimate of drug-likeness (QED) is 0.878. The van der Waals surface area contributed by atoms with Gasteiger partial charge in [0.25, 0.3) is 0 Å². The topological polar surface area (TPSA) is 32.3 Å². The molecule has 0 bridgehead atoms. The molecule has 0 heterocycles. The SMILES string of the molecule is Br.Oc1cccc2c1CCC(Nc1ccccc1)C2. The number of halogens is 1. The smallest absolute Gasteiger partial charge is 0.119 e. The summed E-state index contributed by atoms with van der Waals surface area (Å²) in [6.07, 6.45) is 3.00. The maximum absolute atomic E-state index is 9.81. The highest BCUT2D eigenvalue weighted by Crippen LogP contribution is 2.29. The van der Waals surface area contributed by atoms with E-state index in [0.717, 1.165) is 24.8 Å². The second-order valence-electron chi connectivity index (χ2n) is 4.86. The van der Waals surface area contributed by atoms with Crippen LogP contribution in [0.15, 0.2) is 48.5 Å². The average Bonchev–Trinajstić information content (AvgIpc) is 2.40. The minimum absolute atomic E-state index is 0. The Labute approximate surface area is 124 Å². The second-order valence-corrected chi connectivity index (χ2v) is 4.86. The molecule has 3 rings (SSSR count). The van der Waals surface area contributed by atoms with Gasteiger partial charge in [-0.05, 0) is 48.6 Å². The fourth-order valence-electron chi connectivity index (χ4n) is 2.68. The van der Waals surface area contributed by atoms with Crippen molar-refractivity contribution in [1.82, 2.24) is 0 Å². The molecule has 0 spiro atoms. The Balaban J connectivity index is 0.00000133. The van der Waals surface area contributed by atoms with Crippen molar-refractivity contribution < 1.29 is 5.11 Å². The van der Waals surface area contributed by atoms with E-state index in [1.54, 1.807) is 6.07 Å². The van der Waals surface area contributed by atoms with Gasteiger partial charge in [-0.1, -0.05) is 30.3 Å². The molecule has 1 aliphatic rings. The lowest BCUT2D eigenvalue weighted by Gasteiger charge is -2.26. The van der Waals surface area contributed by atoms with Crippen LogP contribution < -0.4 is 5.32 Å². The fourth-order valence-corrected chi connectivity index (χ4v) is 2.68. The Hall–Kier alpha value is -1.48.